The summed E-state index contributed by atoms with van der Waals surface area (Å²) in [5.74, 6) is 0. The predicted octanol–water partition coefficient (Wildman–Crippen LogP) is 2.71. The van der Waals surface area contributed by atoms with Crippen molar-refractivity contribution in [3.63, 3.8) is 0 Å². The SMILES string of the molecule is CC1(CNc2cccnc2C(N)=S)CCCC1. The number of hydrogen-bond donors (Lipinski definition) is 2. The van der Waals surface area contributed by atoms with Crippen LogP contribution in [-0.2, 0) is 0 Å². The van der Waals surface area contributed by atoms with Crippen LogP contribution < -0.4 is 11.1 Å². The van der Waals surface area contributed by atoms with Crippen LogP contribution in [0.5, 0.6) is 0 Å². The Morgan fingerprint density at radius 1 is 1.53 bits per heavy atom. The molecule has 1 aromatic rings. The van der Waals surface area contributed by atoms with Crippen molar-refractivity contribution in [1.29, 1.82) is 0 Å². The molecule has 0 spiro atoms. The molecule has 0 bridgehead atoms. The Morgan fingerprint density at radius 2 is 2.24 bits per heavy atom. The van der Waals surface area contributed by atoms with Crippen LogP contribution in [0.25, 0.3) is 0 Å². The molecule has 0 amide bonds. The molecular weight excluding hydrogens is 230 g/mol. The summed E-state index contributed by atoms with van der Waals surface area (Å²) >= 11 is 5.00. The van der Waals surface area contributed by atoms with E-state index in [1.807, 2.05) is 12.1 Å². The molecule has 1 fully saturated rings. The Morgan fingerprint density at radius 3 is 2.88 bits per heavy atom. The molecule has 0 saturated heterocycles. The van der Waals surface area contributed by atoms with E-state index in [-0.39, 0.29) is 0 Å². The van der Waals surface area contributed by atoms with Gasteiger partial charge in [0.05, 0.1) is 5.69 Å². The maximum atomic E-state index is 5.66. The highest BCUT2D eigenvalue weighted by molar-refractivity contribution is 7.80. The molecule has 92 valence electrons. The number of aromatic nitrogens is 1. The highest BCUT2D eigenvalue weighted by Gasteiger charge is 2.28. The minimum Gasteiger partial charge on any atom is -0.388 e. The zero-order chi connectivity index (χ0) is 12.3. The molecular formula is C13H19N3S. The van der Waals surface area contributed by atoms with Crippen molar-refractivity contribution in [3.05, 3.63) is 24.0 Å². The normalized spacial score (nSPS) is 17.9. The molecule has 1 aliphatic carbocycles. The van der Waals surface area contributed by atoms with Gasteiger partial charge in [0.15, 0.2) is 0 Å². The van der Waals surface area contributed by atoms with E-state index in [0.717, 1.165) is 12.2 Å². The Bertz CT molecular complexity index is 411. The van der Waals surface area contributed by atoms with Crippen LogP contribution in [0.2, 0.25) is 0 Å². The highest BCUT2D eigenvalue weighted by Crippen LogP contribution is 2.37. The maximum Gasteiger partial charge on any atom is 0.124 e. The molecule has 0 aromatic carbocycles. The van der Waals surface area contributed by atoms with Crippen molar-refractivity contribution in [2.24, 2.45) is 11.1 Å². The van der Waals surface area contributed by atoms with Gasteiger partial charge in [-0.05, 0) is 30.4 Å². The third-order valence-electron chi connectivity index (χ3n) is 3.56. The fourth-order valence-corrected chi connectivity index (χ4v) is 2.62. The smallest absolute Gasteiger partial charge is 0.124 e. The third kappa shape index (κ3) is 2.94. The zero-order valence-corrected chi connectivity index (χ0v) is 11.0. The molecule has 4 heteroatoms. The average molecular weight is 249 g/mol. The summed E-state index contributed by atoms with van der Waals surface area (Å²) in [4.78, 5) is 4.57. The highest BCUT2D eigenvalue weighted by atomic mass is 32.1. The summed E-state index contributed by atoms with van der Waals surface area (Å²) < 4.78 is 0. The number of nitrogens with zero attached hydrogens (tertiary/aromatic N) is 1. The molecule has 1 aromatic heterocycles. The van der Waals surface area contributed by atoms with Crippen LogP contribution >= 0.6 is 12.2 Å². The van der Waals surface area contributed by atoms with E-state index < -0.39 is 0 Å². The fraction of sp³-hybridized carbons (Fsp3) is 0.538. The van der Waals surface area contributed by atoms with Crippen LogP contribution in [0.1, 0.15) is 38.3 Å². The van der Waals surface area contributed by atoms with Crippen LogP contribution in [0.4, 0.5) is 5.69 Å². The second kappa shape index (κ2) is 5.00. The molecule has 3 N–H and O–H groups in total. The van der Waals surface area contributed by atoms with Crippen LogP contribution in [0, 0.1) is 5.41 Å². The Balaban J connectivity index is 2.06. The lowest BCUT2D eigenvalue weighted by Gasteiger charge is -2.24. The second-order valence-electron chi connectivity index (χ2n) is 5.14. The summed E-state index contributed by atoms with van der Waals surface area (Å²) in [6.45, 7) is 3.30. The lowest BCUT2D eigenvalue weighted by Crippen LogP contribution is -2.24. The molecule has 1 heterocycles. The van der Waals surface area contributed by atoms with Crippen molar-refractivity contribution >= 4 is 22.9 Å². The Hall–Kier alpha value is -1.16. The van der Waals surface area contributed by atoms with Gasteiger partial charge in [-0.15, -0.1) is 0 Å². The van der Waals surface area contributed by atoms with E-state index in [1.54, 1.807) is 6.20 Å². The number of rotatable bonds is 4. The van der Waals surface area contributed by atoms with E-state index in [1.165, 1.54) is 25.7 Å². The molecule has 1 saturated carbocycles. The van der Waals surface area contributed by atoms with Crippen molar-refractivity contribution in [2.75, 3.05) is 11.9 Å². The van der Waals surface area contributed by atoms with Gasteiger partial charge >= 0.3 is 0 Å². The molecule has 2 rings (SSSR count). The van der Waals surface area contributed by atoms with Gasteiger partial charge in [-0.3, -0.25) is 4.98 Å². The number of nitrogens with two attached hydrogens (primary N) is 1. The van der Waals surface area contributed by atoms with E-state index >= 15 is 0 Å². The summed E-state index contributed by atoms with van der Waals surface area (Å²) in [5, 5.41) is 3.45. The van der Waals surface area contributed by atoms with Gasteiger partial charge in [0.2, 0.25) is 0 Å². The molecule has 3 nitrogen and oxygen atoms in total. The first kappa shape index (κ1) is 12.3. The number of thiocarbonyl (C=S) groups is 1. The number of nitrogens with one attached hydrogen (secondary N) is 1. The third-order valence-corrected chi connectivity index (χ3v) is 3.75. The molecule has 0 atom stereocenters. The average Bonchev–Trinajstić information content (AvgIpc) is 2.74. The lowest BCUT2D eigenvalue weighted by molar-refractivity contribution is 0.362. The van der Waals surface area contributed by atoms with Gasteiger partial charge in [-0.1, -0.05) is 32.0 Å². The standard InChI is InChI=1S/C13H19N3S/c1-13(6-2-3-7-13)9-16-10-5-4-8-15-11(10)12(14)17/h4-5,8,16H,2-3,6-7,9H2,1H3,(H2,14,17). The van der Waals surface area contributed by atoms with Crippen LogP contribution in [0.3, 0.4) is 0 Å². The van der Waals surface area contributed by atoms with E-state index in [9.17, 15) is 0 Å². The largest absolute Gasteiger partial charge is 0.388 e. The minimum atomic E-state index is 0.352. The van der Waals surface area contributed by atoms with Gasteiger partial charge in [-0.2, -0.15) is 0 Å². The number of anilines is 1. The van der Waals surface area contributed by atoms with E-state index in [0.29, 0.717) is 16.1 Å². The van der Waals surface area contributed by atoms with E-state index in [2.05, 4.69) is 17.2 Å². The predicted molar refractivity (Wildman–Crippen MR) is 75.2 cm³/mol. The Labute approximate surface area is 108 Å². The first-order valence-corrected chi connectivity index (χ1v) is 6.50. The fourth-order valence-electron chi connectivity index (χ4n) is 2.46. The van der Waals surface area contributed by atoms with Crippen molar-refractivity contribution in [3.8, 4) is 0 Å². The first-order valence-electron chi connectivity index (χ1n) is 6.09. The zero-order valence-electron chi connectivity index (χ0n) is 10.2. The van der Waals surface area contributed by atoms with Gasteiger partial charge in [0, 0.05) is 12.7 Å². The summed E-state index contributed by atoms with van der Waals surface area (Å²) in [7, 11) is 0. The first-order chi connectivity index (χ1) is 8.11. The minimum absolute atomic E-state index is 0.352. The molecule has 0 unspecified atom stereocenters. The van der Waals surface area contributed by atoms with Crippen molar-refractivity contribution in [2.45, 2.75) is 32.6 Å². The number of pyridine rings is 1. The molecule has 0 radical (unpaired) electrons. The van der Waals surface area contributed by atoms with Gasteiger partial charge in [0.1, 0.15) is 10.7 Å². The Kier molecular flexibility index (Phi) is 3.62. The molecule has 17 heavy (non-hydrogen) atoms. The number of hydrogen-bond acceptors (Lipinski definition) is 3. The molecule has 0 aliphatic heterocycles. The maximum absolute atomic E-state index is 5.66. The van der Waals surface area contributed by atoms with E-state index in [4.69, 9.17) is 18.0 Å². The van der Waals surface area contributed by atoms with Gasteiger partial charge in [-0.25, -0.2) is 0 Å². The quantitative estimate of drug-likeness (QED) is 0.806. The van der Waals surface area contributed by atoms with Gasteiger partial charge in [0.25, 0.3) is 0 Å². The second-order valence-corrected chi connectivity index (χ2v) is 5.57. The van der Waals surface area contributed by atoms with Crippen molar-refractivity contribution < 1.29 is 0 Å². The monoisotopic (exact) mass is 249 g/mol. The van der Waals surface area contributed by atoms with Gasteiger partial charge < -0.3 is 11.1 Å². The topological polar surface area (TPSA) is 50.9 Å². The molecule has 1 aliphatic rings. The van der Waals surface area contributed by atoms with Crippen molar-refractivity contribution in [1.82, 2.24) is 4.98 Å². The summed E-state index contributed by atoms with van der Waals surface area (Å²) in [6.07, 6.45) is 6.99. The lowest BCUT2D eigenvalue weighted by atomic mass is 9.89. The summed E-state index contributed by atoms with van der Waals surface area (Å²) in [6, 6.07) is 3.89. The van der Waals surface area contributed by atoms with Crippen LogP contribution in [-0.4, -0.2) is 16.5 Å². The van der Waals surface area contributed by atoms with Crippen LogP contribution in [0.15, 0.2) is 18.3 Å². The summed E-state index contributed by atoms with van der Waals surface area (Å²) in [5.41, 5.74) is 7.72.